The summed E-state index contributed by atoms with van der Waals surface area (Å²) < 4.78 is 11.2. The van der Waals surface area contributed by atoms with Crippen LogP contribution in [0.2, 0.25) is 19.6 Å². The van der Waals surface area contributed by atoms with Crippen molar-refractivity contribution in [2.45, 2.75) is 38.9 Å². The first-order valence-corrected chi connectivity index (χ1v) is 11.4. The Morgan fingerprint density at radius 1 is 1.09 bits per heavy atom. The van der Waals surface area contributed by atoms with Gasteiger partial charge in [-0.1, -0.05) is 30.3 Å². The van der Waals surface area contributed by atoms with E-state index in [-0.39, 0.29) is 5.92 Å². The molecule has 0 radical (unpaired) electrons. The Balaban J connectivity index is 2.09. The molecule has 2 aliphatic rings. The van der Waals surface area contributed by atoms with Crippen LogP contribution in [0.25, 0.3) is 0 Å². The third-order valence-electron chi connectivity index (χ3n) is 4.47. The molecule has 1 aromatic carbocycles. The van der Waals surface area contributed by atoms with Crippen LogP contribution >= 0.6 is 0 Å². The van der Waals surface area contributed by atoms with Crippen molar-refractivity contribution in [2.24, 2.45) is 11.8 Å². The molecule has 0 N–H and O–H groups in total. The highest BCUT2D eigenvalue weighted by atomic mass is 28.4. The van der Waals surface area contributed by atoms with Crippen LogP contribution in [0.4, 0.5) is 0 Å². The average molecular weight is 330 g/mol. The van der Waals surface area contributed by atoms with E-state index in [9.17, 15) is 9.59 Å². The number of carbonyl (C=O) groups is 2. The number of allylic oxidation sites excluding steroid dienone is 2. The van der Waals surface area contributed by atoms with Gasteiger partial charge in [-0.3, -0.25) is 9.59 Å². The van der Waals surface area contributed by atoms with Crippen molar-refractivity contribution in [3.05, 3.63) is 47.2 Å². The molecule has 23 heavy (non-hydrogen) atoms. The molecule has 5 heteroatoms. The van der Waals surface area contributed by atoms with Crippen LogP contribution in [-0.2, 0) is 18.8 Å². The summed E-state index contributed by atoms with van der Waals surface area (Å²) in [5.41, 5.74) is 2.08. The molecule has 122 valence electrons. The Hall–Kier alpha value is -1.88. The lowest BCUT2D eigenvalue weighted by molar-refractivity contribution is -0.153. The lowest BCUT2D eigenvalue weighted by atomic mass is 9.70. The minimum Gasteiger partial charge on any atom is -0.547 e. The van der Waals surface area contributed by atoms with Crippen molar-refractivity contribution in [1.82, 2.24) is 0 Å². The summed E-state index contributed by atoms with van der Waals surface area (Å²) in [6.07, 6.45) is 0.467. The molecule has 1 aliphatic heterocycles. The highest BCUT2D eigenvalue weighted by Crippen LogP contribution is 2.49. The molecule has 3 rings (SSSR count). The standard InChI is InChI=1S/C18H22O4Si/c1-11-14(22-23(2,3)4)10-13-16(18(20)21-17(13)19)15(11)12-8-6-5-7-9-12/h5-9,13,15-16H,10H2,1-4H3/t13-,15-,16+/m0/s1. The number of benzene rings is 1. The Morgan fingerprint density at radius 3 is 2.35 bits per heavy atom. The van der Waals surface area contributed by atoms with Gasteiger partial charge in [0.05, 0.1) is 17.6 Å². The highest BCUT2D eigenvalue weighted by molar-refractivity contribution is 6.70. The van der Waals surface area contributed by atoms with Crippen molar-refractivity contribution < 1.29 is 18.8 Å². The first kappa shape index (κ1) is 16.0. The molecular formula is C18H22O4Si. The minimum atomic E-state index is -1.79. The normalized spacial score (nSPS) is 27.7. The van der Waals surface area contributed by atoms with E-state index < -0.39 is 32.1 Å². The van der Waals surface area contributed by atoms with Gasteiger partial charge >= 0.3 is 11.9 Å². The maximum Gasteiger partial charge on any atom is 0.318 e. The van der Waals surface area contributed by atoms with Crippen LogP contribution in [0, 0.1) is 11.8 Å². The third-order valence-corrected chi connectivity index (χ3v) is 5.33. The minimum absolute atomic E-state index is 0.153. The van der Waals surface area contributed by atoms with E-state index in [1.54, 1.807) is 0 Å². The molecule has 1 aliphatic carbocycles. The van der Waals surface area contributed by atoms with E-state index >= 15 is 0 Å². The summed E-state index contributed by atoms with van der Waals surface area (Å²) in [5, 5.41) is 0. The predicted molar refractivity (Wildman–Crippen MR) is 89.0 cm³/mol. The van der Waals surface area contributed by atoms with Crippen LogP contribution in [-0.4, -0.2) is 20.3 Å². The van der Waals surface area contributed by atoms with Gasteiger partial charge in [-0.25, -0.2) is 0 Å². The van der Waals surface area contributed by atoms with Gasteiger partial charge in [-0.05, 0) is 37.7 Å². The molecule has 1 saturated heterocycles. The predicted octanol–water partition coefficient (Wildman–Crippen LogP) is 3.62. The number of rotatable bonds is 3. The fourth-order valence-electron chi connectivity index (χ4n) is 3.55. The number of carbonyl (C=O) groups excluding carboxylic acids is 2. The van der Waals surface area contributed by atoms with Gasteiger partial charge in [0, 0.05) is 12.3 Å². The zero-order chi connectivity index (χ0) is 16.8. The van der Waals surface area contributed by atoms with Gasteiger partial charge in [0.15, 0.2) is 0 Å². The average Bonchev–Trinajstić information content (AvgIpc) is 2.74. The zero-order valence-electron chi connectivity index (χ0n) is 14.0. The van der Waals surface area contributed by atoms with E-state index in [1.807, 2.05) is 37.3 Å². The molecule has 1 aromatic rings. The van der Waals surface area contributed by atoms with Gasteiger partial charge in [-0.2, -0.15) is 0 Å². The number of esters is 2. The molecule has 0 unspecified atom stereocenters. The smallest absolute Gasteiger partial charge is 0.318 e. The molecule has 0 aromatic heterocycles. The second-order valence-corrected chi connectivity index (χ2v) is 11.7. The summed E-state index contributed by atoms with van der Waals surface area (Å²) in [4.78, 5) is 24.3. The van der Waals surface area contributed by atoms with E-state index in [1.165, 1.54) is 0 Å². The van der Waals surface area contributed by atoms with Crippen molar-refractivity contribution >= 4 is 20.3 Å². The van der Waals surface area contributed by atoms with Crippen LogP contribution in [0.15, 0.2) is 41.7 Å². The zero-order valence-corrected chi connectivity index (χ0v) is 15.0. The second-order valence-electron chi connectivity index (χ2n) is 7.29. The number of fused-ring (bicyclic) bond motifs is 1. The van der Waals surface area contributed by atoms with Crippen molar-refractivity contribution in [1.29, 1.82) is 0 Å². The van der Waals surface area contributed by atoms with E-state index in [0.717, 1.165) is 16.9 Å². The molecule has 0 saturated carbocycles. The number of ether oxygens (including phenoxy) is 1. The Kier molecular flexibility index (Phi) is 3.92. The Labute approximate surface area is 137 Å². The largest absolute Gasteiger partial charge is 0.547 e. The first-order chi connectivity index (χ1) is 10.8. The molecular weight excluding hydrogens is 308 g/mol. The SMILES string of the molecule is CC1=C(O[Si](C)(C)C)C[C@@H]2C(=O)OC(=O)[C@H]2[C@@H]1c1ccccc1. The fourth-order valence-corrected chi connectivity index (χ4v) is 4.53. The van der Waals surface area contributed by atoms with Crippen LogP contribution in [0.5, 0.6) is 0 Å². The van der Waals surface area contributed by atoms with Crippen LogP contribution in [0.1, 0.15) is 24.8 Å². The summed E-state index contributed by atoms with van der Waals surface area (Å²) in [6.45, 7) is 8.37. The van der Waals surface area contributed by atoms with Gasteiger partial charge < -0.3 is 9.16 Å². The lowest BCUT2D eigenvalue weighted by Gasteiger charge is -2.35. The van der Waals surface area contributed by atoms with Crippen LogP contribution in [0.3, 0.4) is 0 Å². The fraction of sp³-hybridized carbons (Fsp3) is 0.444. The Morgan fingerprint density at radius 2 is 1.74 bits per heavy atom. The van der Waals surface area contributed by atoms with E-state index in [4.69, 9.17) is 9.16 Å². The van der Waals surface area contributed by atoms with Crippen molar-refractivity contribution in [3.8, 4) is 0 Å². The Bertz CT molecular complexity index is 672. The van der Waals surface area contributed by atoms with Gasteiger partial charge in [-0.15, -0.1) is 0 Å². The number of hydrogen-bond donors (Lipinski definition) is 0. The molecule has 1 fully saturated rings. The molecule has 0 amide bonds. The molecule has 0 spiro atoms. The topological polar surface area (TPSA) is 52.6 Å². The van der Waals surface area contributed by atoms with E-state index in [0.29, 0.717) is 6.42 Å². The molecule has 1 heterocycles. The van der Waals surface area contributed by atoms with Gasteiger partial charge in [0.2, 0.25) is 8.32 Å². The number of cyclic esters (lactones) is 2. The highest BCUT2D eigenvalue weighted by Gasteiger charge is 2.53. The molecule has 3 atom stereocenters. The lowest BCUT2D eigenvalue weighted by Crippen LogP contribution is -2.34. The van der Waals surface area contributed by atoms with Crippen molar-refractivity contribution in [3.63, 3.8) is 0 Å². The van der Waals surface area contributed by atoms with E-state index in [2.05, 4.69) is 19.6 Å². The van der Waals surface area contributed by atoms with Crippen molar-refractivity contribution in [2.75, 3.05) is 0 Å². The maximum atomic E-state index is 12.2. The summed E-state index contributed by atoms with van der Waals surface area (Å²) >= 11 is 0. The maximum absolute atomic E-state index is 12.2. The summed E-state index contributed by atoms with van der Waals surface area (Å²) in [6, 6.07) is 9.85. The second kappa shape index (κ2) is 5.64. The summed E-state index contributed by atoms with van der Waals surface area (Å²) in [7, 11) is -1.79. The number of hydrogen-bond acceptors (Lipinski definition) is 4. The van der Waals surface area contributed by atoms with Gasteiger partial charge in [0.25, 0.3) is 0 Å². The summed E-state index contributed by atoms with van der Waals surface area (Å²) in [5.74, 6) is -0.960. The van der Waals surface area contributed by atoms with Crippen LogP contribution < -0.4 is 0 Å². The van der Waals surface area contributed by atoms with Gasteiger partial charge in [0.1, 0.15) is 0 Å². The quantitative estimate of drug-likeness (QED) is 0.482. The monoisotopic (exact) mass is 330 g/mol. The molecule has 4 nitrogen and oxygen atoms in total. The third kappa shape index (κ3) is 2.97. The first-order valence-electron chi connectivity index (χ1n) is 7.97. The molecule has 0 bridgehead atoms.